The average Bonchev–Trinajstić information content (AvgIpc) is 2.73. The summed E-state index contributed by atoms with van der Waals surface area (Å²) in [6.45, 7) is 2.19. The quantitative estimate of drug-likeness (QED) is 0.737. The van der Waals surface area contributed by atoms with Gasteiger partial charge in [-0.25, -0.2) is 0 Å². The smallest absolute Gasteiger partial charge is 0.0583 e. The molecule has 0 radical (unpaired) electrons. The normalized spacial score (nSPS) is 36.1. The summed E-state index contributed by atoms with van der Waals surface area (Å²) < 4.78 is 0. The van der Waals surface area contributed by atoms with E-state index >= 15 is 0 Å². The summed E-state index contributed by atoms with van der Waals surface area (Å²) in [7, 11) is 0. The van der Waals surface area contributed by atoms with Gasteiger partial charge >= 0.3 is 0 Å². The monoisotopic (exact) mass is 221 g/mol. The van der Waals surface area contributed by atoms with Gasteiger partial charge in [-0.15, -0.1) is 12.3 Å². The van der Waals surface area contributed by atoms with Crippen LogP contribution in [0.3, 0.4) is 0 Å². The zero-order valence-corrected chi connectivity index (χ0v) is 10.1. The van der Waals surface area contributed by atoms with Crippen LogP contribution >= 0.6 is 0 Å². The summed E-state index contributed by atoms with van der Waals surface area (Å²) in [6, 6.07) is 0.597. The first-order chi connectivity index (χ1) is 7.83. The molecule has 2 aliphatic rings. The van der Waals surface area contributed by atoms with Crippen LogP contribution in [0.25, 0.3) is 0 Å². The van der Waals surface area contributed by atoms with Crippen LogP contribution in [0.4, 0.5) is 0 Å². The van der Waals surface area contributed by atoms with Gasteiger partial charge in [-0.1, -0.05) is 12.8 Å². The molecule has 1 saturated heterocycles. The van der Waals surface area contributed by atoms with Crippen LogP contribution in [-0.4, -0.2) is 35.2 Å². The Kier molecular flexibility index (Phi) is 4.26. The third kappa shape index (κ3) is 2.59. The second-order valence-electron chi connectivity index (χ2n) is 5.22. The van der Waals surface area contributed by atoms with Crippen LogP contribution in [0.1, 0.15) is 44.9 Å². The molecule has 0 aromatic rings. The first kappa shape index (κ1) is 12.0. The molecule has 90 valence electrons. The van der Waals surface area contributed by atoms with Gasteiger partial charge < -0.3 is 5.11 Å². The van der Waals surface area contributed by atoms with Crippen molar-refractivity contribution in [2.24, 2.45) is 5.92 Å². The number of piperidine rings is 1. The van der Waals surface area contributed by atoms with Crippen molar-refractivity contribution in [3.8, 4) is 12.3 Å². The largest absolute Gasteiger partial charge is 0.393 e. The van der Waals surface area contributed by atoms with Gasteiger partial charge in [-0.2, -0.15) is 0 Å². The number of aliphatic hydroxyl groups excluding tert-OH is 1. The molecule has 1 aliphatic heterocycles. The van der Waals surface area contributed by atoms with E-state index in [4.69, 9.17) is 6.42 Å². The predicted octanol–water partition coefficient (Wildman–Crippen LogP) is 2.03. The lowest BCUT2D eigenvalue weighted by Gasteiger charge is -2.40. The Bertz CT molecular complexity index is 258. The third-order valence-corrected chi connectivity index (χ3v) is 4.23. The topological polar surface area (TPSA) is 23.5 Å². The van der Waals surface area contributed by atoms with Crippen LogP contribution in [0.5, 0.6) is 0 Å². The Balaban J connectivity index is 1.95. The van der Waals surface area contributed by atoms with Crippen LogP contribution in [-0.2, 0) is 0 Å². The number of hydrogen-bond acceptors (Lipinski definition) is 2. The lowest BCUT2D eigenvalue weighted by molar-refractivity contribution is 0.0367. The number of hydrogen-bond donors (Lipinski definition) is 1. The molecule has 16 heavy (non-hydrogen) atoms. The lowest BCUT2D eigenvalue weighted by Crippen LogP contribution is -2.46. The lowest BCUT2D eigenvalue weighted by atomic mass is 9.87. The molecule has 2 nitrogen and oxygen atoms in total. The Morgan fingerprint density at radius 1 is 1.19 bits per heavy atom. The van der Waals surface area contributed by atoms with Crippen molar-refractivity contribution in [2.45, 2.75) is 57.1 Å². The first-order valence-corrected chi connectivity index (χ1v) is 6.68. The third-order valence-electron chi connectivity index (χ3n) is 4.23. The Morgan fingerprint density at radius 2 is 2.06 bits per heavy atom. The standard InChI is InChI=1S/C14H23NO/c1-2-3-10-15-11-5-4-8-13(15)12-7-6-9-14(12)16/h1,12-14,16H,3-11H2. The van der Waals surface area contributed by atoms with E-state index in [1.807, 2.05) is 0 Å². The maximum atomic E-state index is 10.0. The second-order valence-corrected chi connectivity index (χ2v) is 5.22. The second kappa shape index (κ2) is 5.70. The van der Waals surface area contributed by atoms with Gasteiger partial charge in [-0.3, -0.25) is 4.90 Å². The van der Waals surface area contributed by atoms with Gasteiger partial charge in [0.25, 0.3) is 0 Å². The maximum Gasteiger partial charge on any atom is 0.0583 e. The molecule has 3 unspecified atom stereocenters. The fraction of sp³-hybridized carbons (Fsp3) is 0.857. The number of rotatable bonds is 3. The van der Waals surface area contributed by atoms with Crippen molar-refractivity contribution in [1.29, 1.82) is 0 Å². The van der Waals surface area contributed by atoms with E-state index in [1.165, 1.54) is 38.6 Å². The molecular formula is C14H23NO. The molecule has 2 heteroatoms. The van der Waals surface area contributed by atoms with E-state index in [2.05, 4.69) is 10.8 Å². The number of likely N-dealkylation sites (tertiary alicyclic amines) is 1. The molecule has 3 atom stereocenters. The highest BCUT2D eigenvalue weighted by Crippen LogP contribution is 2.35. The average molecular weight is 221 g/mol. The summed E-state index contributed by atoms with van der Waals surface area (Å²) >= 11 is 0. The SMILES string of the molecule is C#CCCN1CCCCC1C1CCCC1O. The molecule has 2 fully saturated rings. The molecule has 1 saturated carbocycles. The molecule has 0 spiro atoms. The van der Waals surface area contributed by atoms with E-state index in [9.17, 15) is 5.11 Å². The zero-order valence-electron chi connectivity index (χ0n) is 10.1. The summed E-state index contributed by atoms with van der Waals surface area (Å²) in [5.41, 5.74) is 0. The van der Waals surface area contributed by atoms with E-state index < -0.39 is 0 Å². The highest BCUT2D eigenvalue weighted by atomic mass is 16.3. The predicted molar refractivity (Wildman–Crippen MR) is 66.0 cm³/mol. The number of aliphatic hydroxyl groups is 1. The van der Waals surface area contributed by atoms with Gasteiger partial charge in [0.2, 0.25) is 0 Å². The van der Waals surface area contributed by atoms with Crippen molar-refractivity contribution >= 4 is 0 Å². The summed E-state index contributed by atoms with van der Waals surface area (Å²) in [5.74, 6) is 3.25. The fourth-order valence-electron chi connectivity index (χ4n) is 3.41. The van der Waals surface area contributed by atoms with Crippen LogP contribution in [0, 0.1) is 18.3 Å². The Hall–Kier alpha value is -0.520. The maximum absolute atomic E-state index is 10.0. The van der Waals surface area contributed by atoms with E-state index in [1.54, 1.807) is 0 Å². The van der Waals surface area contributed by atoms with Gasteiger partial charge in [0.1, 0.15) is 0 Å². The summed E-state index contributed by atoms with van der Waals surface area (Å²) in [5, 5.41) is 10.0. The van der Waals surface area contributed by atoms with E-state index in [0.717, 1.165) is 19.4 Å². The van der Waals surface area contributed by atoms with Crippen LogP contribution < -0.4 is 0 Å². The van der Waals surface area contributed by atoms with Gasteiger partial charge in [0.05, 0.1) is 6.10 Å². The van der Waals surface area contributed by atoms with Gasteiger partial charge in [0, 0.05) is 24.9 Å². The van der Waals surface area contributed by atoms with Crippen LogP contribution in [0.2, 0.25) is 0 Å². The molecule has 1 aliphatic carbocycles. The minimum Gasteiger partial charge on any atom is -0.393 e. The zero-order chi connectivity index (χ0) is 11.4. The van der Waals surface area contributed by atoms with Crippen LogP contribution in [0.15, 0.2) is 0 Å². The summed E-state index contributed by atoms with van der Waals surface area (Å²) in [6.07, 6.45) is 13.4. The van der Waals surface area contributed by atoms with Gasteiger partial charge in [-0.05, 0) is 32.2 Å². The van der Waals surface area contributed by atoms with E-state index in [0.29, 0.717) is 12.0 Å². The number of terminal acetylenes is 1. The first-order valence-electron chi connectivity index (χ1n) is 6.68. The van der Waals surface area contributed by atoms with Crippen molar-refractivity contribution in [3.63, 3.8) is 0 Å². The Morgan fingerprint density at radius 3 is 2.75 bits per heavy atom. The molecule has 1 heterocycles. The molecule has 0 aromatic carbocycles. The number of nitrogens with zero attached hydrogens (tertiary/aromatic N) is 1. The van der Waals surface area contributed by atoms with Gasteiger partial charge in [0.15, 0.2) is 0 Å². The minimum atomic E-state index is -0.0589. The molecule has 1 N–H and O–H groups in total. The van der Waals surface area contributed by atoms with Crippen molar-refractivity contribution in [2.75, 3.05) is 13.1 Å². The molecular weight excluding hydrogens is 198 g/mol. The summed E-state index contributed by atoms with van der Waals surface area (Å²) in [4.78, 5) is 2.53. The fourth-order valence-corrected chi connectivity index (χ4v) is 3.41. The molecule has 0 amide bonds. The Labute approximate surface area is 99.0 Å². The van der Waals surface area contributed by atoms with Crippen molar-refractivity contribution < 1.29 is 5.11 Å². The highest BCUT2D eigenvalue weighted by Gasteiger charge is 2.36. The molecule has 0 bridgehead atoms. The minimum absolute atomic E-state index is 0.0589. The molecule has 2 rings (SSSR count). The van der Waals surface area contributed by atoms with Crippen molar-refractivity contribution in [3.05, 3.63) is 0 Å². The van der Waals surface area contributed by atoms with E-state index in [-0.39, 0.29) is 6.10 Å². The highest BCUT2D eigenvalue weighted by molar-refractivity contribution is 4.92. The molecule has 0 aromatic heterocycles. The van der Waals surface area contributed by atoms with Crippen molar-refractivity contribution in [1.82, 2.24) is 4.90 Å².